The highest BCUT2D eigenvalue weighted by Crippen LogP contribution is 2.19. The van der Waals surface area contributed by atoms with Crippen molar-refractivity contribution in [1.29, 1.82) is 0 Å². The van der Waals surface area contributed by atoms with Crippen molar-refractivity contribution in [2.24, 2.45) is 0 Å². The summed E-state index contributed by atoms with van der Waals surface area (Å²) in [6.07, 6.45) is 7.63. The maximum absolute atomic E-state index is 13.1. The molecule has 6 heteroatoms. The molecule has 1 saturated heterocycles. The monoisotopic (exact) mass is 341 g/mol. The number of ether oxygens (including phenoxy) is 1. The molecule has 3 aromatic heterocycles. The first kappa shape index (κ1) is 15.4. The molecule has 1 aliphatic rings. The molecule has 124 valence electrons. The second-order valence-electron chi connectivity index (χ2n) is 6.04. The number of hydrogen-bond acceptors (Lipinski definition) is 4. The van der Waals surface area contributed by atoms with E-state index in [4.69, 9.17) is 4.74 Å². The van der Waals surface area contributed by atoms with Gasteiger partial charge in [0.15, 0.2) is 0 Å². The summed E-state index contributed by atoms with van der Waals surface area (Å²) in [5.74, 6) is 0.0441. The number of aromatic nitrogens is 2. The zero-order valence-corrected chi connectivity index (χ0v) is 14.1. The quantitative estimate of drug-likeness (QED) is 0.716. The molecule has 4 rings (SSSR count). The van der Waals surface area contributed by atoms with E-state index in [1.165, 1.54) is 4.88 Å². The Morgan fingerprint density at radius 1 is 1.46 bits per heavy atom. The van der Waals surface area contributed by atoms with Crippen LogP contribution in [0.15, 0.2) is 48.4 Å². The Bertz CT molecular complexity index is 822. The fourth-order valence-corrected chi connectivity index (χ4v) is 3.80. The summed E-state index contributed by atoms with van der Waals surface area (Å²) in [5.41, 5.74) is 1.62. The van der Waals surface area contributed by atoms with Crippen LogP contribution in [0.4, 0.5) is 0 Å². The van der Waals surface area contributed by atoms with Gasteiger partial charge < -0.3 is 14.0 Å². The lowest BCUT2D eigenvalue weighted by Gasteiger charge is -2.25. The Morgan fingerprint density at radius 3 is 3.21 bits per heavy atom. The molecular formula is C18H19N3O2S. The molecule has 3 aromatic rings. The van der Waals surface area contributed by atoms with Crippen LogP contribution in [-0.4, -0.2) is 39.4 Å². The number of nitrogens with zero attached hydrogens (tertiary/aromatic N) is 3. The highest BCUT2D eigenvalue weighted by Gasteiger charge is 2.24. The van der Waals surface area contributed by atoms with E-state index in [2.05, 4.69) is 11.1 Å². The Balaban J connectivity index is 1.58. The predicted molar refractivity (Wildman–Crippen MR) is 93.2 cm³/mol. The van der Waals surface area contributed by atoms with E-state index in [1.807, 2.05) is 39.1 Å². The van der Waals surface area contributed by atoms with Gasteiger partial charge in [-0.1, -0.05) is 6.07 Å². The number of rotatable bonds is 5. The van der Waals surface area contributed by atoms with Crippen LogP contribution in [0.2, 0.25) is 0 Å². The minimum absolute atomic E-state index is 0.0441. The molecule has 0 spiro atoms. The second-order valence-corrected chi connectivity index (χ2v) is 7.07. The van der Waals surface area contributed by atoms with Crippen LogP contribution < -0.4 is 0 Å². The number of amides is 1. The fourth-order valence-electron chi connectivity index (χ4n) is 3.08. The zero-order chi connectivity index (χ0) is 16.4. The van der Waals surface area contributed by atoms with Crippen molar-refractivity contribution < 1.29 is 9.53 Å². The summed E-state index contributed by atoms with van der Waals surface area (Å²) in [6.45, 7) is 2.06. The summed E-state index contributed by atoms with van der Waals surface area (Å²) in [6, 6.07) is 7.84. The van der Waals surface area contributed by atoms with Gasteiger partial charge in [-0.25, -0.2) is 4.98 Å². The number of carbonyl (C=O) groups excluding carboxylic acids is 1. The summed E-state index contributed by atoms with van der Waals surface area (Å²) < 4.78 is 7.65. The van der Waals surface area contributed by atoms with Gasteiger partial charge in [-0.2, -0.15) is 0 Å². The highest BCUT2D eigenvalue weighted by molar-refractivity contribution is 7.09. The molecule has 0 N–H and O–H groups in total. The smallest absolute Gasteiger partial charge is 0.254 e. The molecule has 1 fully saturated rings. The van der Waals surface area contributed by atoms with Crippen LogP contribution in [0.25, 0.3) is 5.52 Å². The Hall–Kier alpha value is -2.18. The van der Waals surface area contributed by atoms with Crippen LogP contribution in [0.5, 0.6) is 0 Å². The first-order valence-corrected chi connectivity index (χ1v) is 9.02. The normalized spacial score (nSPS) is 17.4. The molecule has 1 atom stereocenters. The van der Waals surface area contributed by atoms with Gasteiger partial charge >= 0.3 is 0 Å². The lowest BCUT2D eigenvalue weighted by atomic mass is 10.1. The van der Waals surface area contributed by atoms with Crippen molar-refractivity contribution >= 4 is 22.8 Å². The SMILES string of the molecule is O=C(c1ccn2cncc2c1)N(Cc1cccs1)CC1CCCO1. The number of fused-ring (bicyclic) bond motifs is 1. The molecule has 24 heavy (non-hydrogen) atoms. The summed E-state index contributed by atoms with van der Waals surface area (Å²) in [4.78, 5) is 20.3. The van der Waals surface area contributed by atoms with Crippen LogP contribution in [0.1, 0.15) is 28.1 Å². The molecule has 4 heterocycles. The molecule has 0 bridgehead atoms. The van der Waals surface area contributed by atoms with Crippen molar-refractivity contribution in [2.45, 2.75) is 25.5 Å². The maximum Gasteiger partial charge on any atom is 0.254 e. The van der Waals surface area contributed by atoms with Crippen molar-refractivity contribution in [2.75, 3.05) is 13.2 Å². The maximum atomic E-state index is 13.1. The first-order valence-electron chi connectivity index (χ1n) is 8.14. The van der Waals surface area contributed by atoms with E-state index >= 15 is 0 Å². The van der Waals surface area contributed by atoms with Gasteiger partial charge in [0.25, 0.3) is 5.91 Å². The summed E-state index contributed by atoms with van der Waals surface area (Å²) >= 11 is 1.68. The van der Waals surface area contributed by atoms with Crippen molar-refractivity contribution in [1.82, 2.24) is 14.3 Å². The molecule has 5 nitrogen and oxygen atoms in total. The standard InChI is InChI=1S/C18H19N3O2S/c22-18(14-5-6-20-13-19-10-15(20)9-14)21(11-16-3-1-7-23-16)12-17-4-2-8-24-17/h2,4-6,8-10,13,16H,1,3,7,11-12H2. The van der Waals surface area contributed by atoms with Gasteiger partial charge in [-0.05, 0) is 36.4 Å². The first-order chi connectivity index (χ1) is 11.8. The Labute approximate surface area is 144 Å². The number of imidazole rings is 1. The van der Waals surface area contributed by atoms with Crippen LogP contribution in [-0.2, 0) is 11.3 Å². The molecule has 0 saturated carbocycles. The van der Waals surface area contributed by atoms with Gasteiger partial charge in [0.1, 0.15) is 0 Å². The molecule has 0 aromatic carbocycles. The Morgan fingerprint density at radius 2 is 2.42 bits per heavy atom. The number of hydrogen-bond donors (Lipinski definition) is 0. The average molecular weight is 341 g/mol. The molecule has 1 unspecified atom stereocenters. The second kappa shape index (κ2) is 6.75. The van der Waals surface area contributed by atoms with Gasteiger partial charge in [-0.3, -0.25) is 4.79 Å². The third kappa shape index (κ3) is 3.20. The van der Waals surface area contributed by atoms with Crippen molar-refractivity contribution in [3.63, 3.8) is 0 Å². The van der Waals surface area contributed by atoms with Crippen LogP contribution >= 0.6 is 11.3 Å². The van der Waals surface area contributed by atoms with Crippen molar-refractivity contribution in [3.8, 4) is 0 Å². The van der Waals surface area contributed by atoms with E-state index in [0.29, 0.717) is 18.7 Å². The van der Waals surface area contributed by atoms with Crippen molar-refractivity contribution in [3.05, 3.63) is 58.8 Å². The van der Waals surface area contributed by atoms with Gasteiger partial charge in [-0.15, -0.1) is 11.3 Å². The third-order valence-corrected chi connectivity index (χ3v) is 5.18. The van der Waals surface area contributed by atoms with Crippen LogP contribution in [0, 0.1) is 0 Å². The number of pyridine rings is 1. The highest BCUT2D eigenvalue weighted by atomic mass is 32.1. The van der Waals surface area contributed by atoms with E-state index in [9.17, 15) is 4.79 Å². The third-order valence-electron chi connectivity index (χ3n) is 4.32. The van der Waals surface area contributed by atoms with E-state index < -0.39 is 0 Å². The summed E-state index contributed by atoms with van der Waals surface area (Å²) in [5, 5.41) is 2.04. The van der Waals surface area contributed by atoms with Crippen LogP contribution in [0.3, 0.4) is 0 Å². The lowest BCUT2D eigenvalue weighted by molar-refractivity contribution is 0.0509. The van der Waals surface area contributed by atoms with Gasteiger partial charge in [0, 0.05) is 29.8 Å². The van der Waals surface area contributed by atoms with E-state index in [1.54, 1.807) is 23.9 Å². The predicted octanol–water partition coefficient (Wildman–Crippen LogP) is 3.22. The average Bonchev–Trinajstić information content (AvgIpc) is 3.35. The molecule has 1 aliphatic heterocycles. The van der Waals surface area contributed by atoms with E-state index in [0.717, 1.165) is 25.0 Å². The molecule has 1 amide bonds. The Kier molecular flexibility index (Phi) is 4.32. The minimum Gasteiger partial charge on any atom is -0.376 e. The molecule has 0 aliphatic carbocycles. The molecular weight excluding hydrogens is 322 g/mol. The summed E-state index contributed by atoms with van der Waals surface area (Å²) in [7, 11) is 0. The lowest BCUT2D eigenvalue weighted by Crippen LogP contribution is -2.36. The fraction of sp³-hybridized carbons (Fsp3) is 0.333. The topological polar surface area (TPSA) is 46.8 Å². The van der Waals surface area contributed by atoms with E-state index in [-0.39, 0.29) is 12.0 Å². The largest absolute Gasteiger partial charge is 0.376 e. The molecule has 0 radical (unpaired) electrons. The minimum atomic E-state index is 0.0441. The van der Waals surface area contributed by atoms with Gasteiger partial charge in [0.05, 0.1) is 30.7 Å². The number of thiophene rings is 1. The number of carbonyl (C=O) groups is 1. The van der Waals surface area contributed by atoms with Gasteiger partial charge in [0.2, 0.25) is 0 Å². The zero-order valence-electron chi connectivity index (χ0n) is 13.3.